The highest BCUT2D eigenvalue weighted by Crippen LogP contribution is 2.32. The fourth-order valence-corrected chi connectivity index (χ4v) is 3.36. The molecule has 35 heavy (non-hydrogen) atoms. The van der Waals surface area contributed by atoms with Gasteiger partial charge < -0.3 is 26.0 Å². The maximum atomic E-state index is 13.2. The van der Waals surface area contributed by atoms with Gasteiger partial charge in [0.1, 0.15) is 17.2 Å². The third-order valence-corrected chi connectivity index (χ3v) is 5.14. The second-order valence-corrected chi connectivity index (χ2v) is 8.15. The second kappa shape index (κ2) is 11.3. The van der Waals surface area contributed by atoms with E-state index >= 15 is 0 Å². The number of pyridine rings is 2. The van der Waals surface area contributed by atoms with Gasteiger partial charge in [0, 0.05) is 25.2 Å². The van der Waals surface area contributed by atoms with Crippen molar-refractivity contribution in [3.8, 4) is 5.75 Å². The molecule has 0 spiro atoms. The number of carbonyl (C=O) groups excluding carboxylic acids is 3. The Morgan fingerprint density at radius 1 is 1.09 bits per heavy atom. The maximum Gasteiger partial charge on any atom is 0.314 e. The number of aromatic hydroxyl groups is 1. The molecule has 0 aliphatic carbocycles. The lowest BCUT2D eigenvalue weighted by Gasteiger charge is -2.14. The number of anilines is 1. The first-order valence-electron chi connectivity index (χ1n) is 10.9. The molecule has 0 aliphatic rings. The van der Waals surface area contributed by atoms with E-state index in [1.54, 1.807) is 18.2 Å². The van der Waals surface area contributed by atoms with Crippen molar-refractivity contribution < 1.29 is 23.9 Å². The molecule has 0 bridgehead atoms. The molecule has 0 atom stereocenters. The standard InChI is InChI=1S/C24H27FN6O4/c1-26-23(34)24(35)30-21-17-12-15(11-14-5-7-16(25)8-6-14)13-28-18(17)20(32)19(29-21)22(33)27-9-4-10-31(2)3/h5-8,12-13,32H,4,9-11H2,1-3H3,(H,26,34)(H,27,33)(H,29,30,35). The van der Waals surface area contributed by atoms with E-state index in [-0.39, 0.29) is 28.2 Å². The van der Waals surface area contributed by atoms with E-state index in [1.807, 2.05) is 19.0 Å². The van der Waals surface area contributed by atoms with Crippen molar-refractivity contribution in [1.29, 1.82) is 0 Å². The number of aromatic nitrogens is 2. The van der Waals surface area contributed by atoms with Crippen LogP contribution in [0.5, 0.6) is 5.75 Å². The predicted octanol–water partition coefficient (Wildman–Crippen LogP) is 1.43. The van der Waals surface area contributed by atoms with Crippen molar-refractivity contribution in [1.82, 2.24) is 25.5 Å². The van der Waals surface area contributed by atoms with Gasteiger partial charge in [0.2, 0.25) is 0 Å². The summed E-state index contributed by atoms with van der Waals surface area (Å²) in [6.45, 7) is 1.10. The molecule has 0 aliphatic heterocycles. The summed E-state index contributed by atoms with van der Waals surface area (Å²) in [5.41, 5.74) is 1.21. The van der Waals surface area contributed by atoms with E-state index in [2.05, 4.69) is 25.9 Å². The molecule has 3 aromatic rings. The van der Waals surface area contributed by atoms with Crippen LogP contribution in [0.3, 0.4) is 0 Å². The molecule has 3 amide bonds. The van der Waals surface area contributed by atoms with Gasteiger partial charge in [-0.1, -0.05) is 12.1 Å². The Kier molecular flexibility index (Phi) is 8.26. The average Bonchev–Trinajstić information content (AvgIpc) is 2.84. The van der Waals surface area contributed by atoms with E-state index in [9.17, 15) is 23.9 Å². The van der Waals surface area contributed by atoms with Gasteiger partial charge in [0.15, 0.2) is 11.4 Å². The molecule has 10 nitrogen and oxygen atoms in total. The van der Waals surface area contributed by atoms with E-state index < -0.39 is 23.5 Å². The topological polar surface area (TPSA) is 137 Å². The molecule has 0 saturated heterocycles. The van der Waals surface area contributed by atoms with Crippen molar-refractivity contribution in [3.63, 3.8) is 0 Å². The number of benzene rings is 1. The van der Waals surface area contributed by atoms with Crippen LogP contribution in [0, 0.1) is 5.82 Å². The number of hydrogen-bond acceptors (Lipinski definition) is 7. The number of fused-ring (bicyclic) bond motifs is 1. The lowest BCUT2D eigenvalue weighted by atomic mass is 10.0. The third kappa shape index (κ3) is 6.48. The fourth-order valence-electron chi connectivity index (χ4n) is 3.36. The number of nitrogens with zero attached hydrogens (tertiary/aromatic N) is 3. The summed E-state index contributed by atoms with van der Waals surface area (Å²) in [5.74, 6) is -3.44. The van der Waals surface area contributed by atoms with Crippen LogP contribution in [0.1, 0.15) is 28.0 Å². The Morgan fingerprint density at radius 2 is 1.80 bits per heavy atom. The molecule has 0 radical (unpaired) electrons. The summed E-state index contributed by atoms with van der Waals surface area (Å²) in [6.07, 6.45) is 2.58. The third-order valence-electron chi connectivity index (χ3n) is 5.14. The Bertz CT molecular complexity index is 1250. The van der Waals surface area contributed by atoms with Crippen molar-refractivity contribution in [3.05, 3.63) is 59.2 Å². The van der Waals surface area contributed by atoms with E-state index in [0.717, 1.165) is 12.1 Å². The van der Waals surface area contributed by atoms with Gasteiger partial charge in [0.25, 0.3) is 5.91 Å². The van der Waals surface area contributed by atoms with Gasteiger partial charge in [-0.2, -0.15) is 0 Å². The smallest absolute Gasteiger partial charge is 0.314 e. The van der Waals surface area contributed by atoms with Gasteiger partial charge in [-0.3, -0.25) is 19.4 Å². The quantitative estimate of drug-likeness (QED) is 0.282. The molecule has 4 N–H and O–H groups in total. The molecule has 1 aromatic carbocycles. The van der Waals surface area contributed by atoms with Gasteiger partial charge in [-0.25, -0.2) is 9.37 Å². The summed E-state index contributed by atoms with van der Waals surface area (Å²) in [7, 11) is 5.13. The molecule has 0 unspecified atom stereocenters. The first-order chi connectivity index (χ1) is 16.7. The van der Waals surface area contributed by atoms with Crippen LogP contribution in [0.15, 0.2) is 36.5 Å². The van der Waals surface area contributed by atoms with Gasteiger partial charge in [-0.05, 0) is 62.8 Å². The molecule has 0 fully saturated rings. The fraction of sp³-hybridized carbons (Fsp3) is 0.292. The average molecular weight is 483 g/mol. The minimum Gasteiger partial charge on any atom is -0.504 e. The van der Waals surface area contributed by atoms with Gasteiger partial charge in [0.05, 0.1) is 0 Å². The predicted molar refractivity (Wildman–Crippen MR) is 129 cm³/mol. The summed E-state index contributed by atoms with van der Waals surface area (Å²) in [6, 6.07) is 7.59. The lowest BCUT2D eigenvalue weighted by Crippen LogP contribution is -2.33. The summed E-state index contributed by atoms with van der Waals surface area (Å²) < 4.78 is 13.2. The normalized spacial score (nSPS) is 10.9. The first-order valence-corrected chi connectivity index (χ1v) is 10.9. The number of nitrogens with one attached hydrogen (secondary N) is 3. The highest BCUT2D eigenvalue weighted by atomic mass is 19.1. The maximum absolute atomic E-state index is 13.2. The minimum absolute atomic E-state index is 0.0357. The highest BCUT2D eigenvalue weighted by Gasteiger charge is 2.23. The molecule has 3 rings (SSSR count). The van der Waals surface area contributed by atoms with Crippen LogP contribution in [0.2, 0.25) is 0 Å². The summed E-state index contributed by atoms with van der Waals surface area (Å²) in [4.78, 5) is 47.2. The Morgan fingerprint density at radius 3 is 2.46 bits per heavy atom. The van der Waals surface area contributed by atoms with Crippen LogP contribution in [0.25, 0.3) is 10.9 Å². The lowest BCUT2D eigenvalue weighted by molar-refractivity contribution is -0.135. The molecule has 11 heteroatoms. The summed E-state index contributed by atoms with van der Waals surface area (Å²) in [5, 5.41) is 18.3. The second-order valence-electron chi connectivity index (χ2n) is 8.15. The van der Waals surface area contributed by atoms with Crippen LogP contribution in [0.4, 0.5) is 10.2 Å². The van der Waals surface area contributed by atoms with Crippen LogP contribution >= 0.6 is 0 Å². The van der Waals surface area contributed by atoms with Gasteiger partial charge >= 0.3 is 11.8 Å². The van der Waals surface area contributed by atoms with Crippen molar-refractivity contribution >= 4 is 34.4 Å². The molecular weight excluding hydrogens is 455 g/mol. The van der Waals surface area contributed by atoms with Crippen molar-refractivity contribution in [2.45, 2.75) is 12.8 Å². The molecular formula is C24H27FN6O4. The zero-order valence-electron chi connectivity index (χ0n) is 19.7. The molecule has 2 heterocycles. The molecule has 2 aromatic heterocycles. The Labute approximate surface area is 201 Å². The monoisotopic (exact) mass is 482 g/mol. The number of carbonyl (C=O) groups is 3. The van der Waals surface area contributed by atoms with E-state index in [1.165, 1.54) is 25.4 Å². The number of likely N-dealkylation sites (N-methyl/N-ethyl adjacent to an activating group) is 1. The van der Waals surface area contributed by atoms with Crippen LogP contribution in [-0.4, -0.2) is 71.9 Å². The number of halogens is 1. The summed E-state index contributed by atoms with van der Waals surface area (Å²) >= 11 is 0. The van der Waals surface area contributed by atoms with Gasteiger partial charge in [-0.15, -0.1) is 0 Å². The van der Waals surface area contributed by atoms with Crippen molar-refractivity contribution in [2.75, 3.05) is 39.5 Å². The molecule has 0 saturated carbocycles. The number of rotatable bonds is 8. The van der Waals surface area contributed by atoms with Crippen LogP contribution < -0.4 is 16.0 Å². The SMILES string of the molecule is CNC(=O)C(=O)Nc1nc(C(=O)NCCCN(C)C)c(O)c2ncc(Cc3ccc(F)cc3)cc12. The van der Waals surface area contributed by atoms with Crippen LogP contribution in [-0.2, 0) is 16.0 Å². The largest absolute Gasteiger partial charge is 0.504 e. The van der Waals surface area contributed by atoms with Crippen molar-refractivity contribution in [2.24, 2.45) is 0 Å². The zero-order valence-corrected chi connectivity index (χ0v) is 19.7. The zero-order chi connectivity index (χ0) is 25.5. The minimum atomic E-state index is -0.992. The van der Waals surface area contributed by atoms with E-state index in [0.29, 0.717) is 24.9 Å². The molecule has 184 valence electrons. The highest BCUT2D eigenvalue weighted by molar-refractivity contribution is 6.40. The number of amides is 3. The first kappa shape index (κ1) is 25.5. The van der Waals surface area contributed by atoms with E-state index in [4.69, 9.17) is 0 Å². The Hall–Kier alpha value is -4.12. The number of hydrogen-bond donors (Lipinski definition) is 4. The Balaban J connectivity index is 1.99.